The molecule has 0 unspecified atom stereocenters. The van der Waals surface area contributed by atoms with E-state index in [1.54, 1.807) is 20.3 Å². The maximum absolute atomic E-state index is 12.5. The van der Waals surface area contributed by atoms with Gasteiger partial charge in [0.25, 0.3) is 0 Å². The van der Waals surface area contributed by atoms with Crippen LogP contribution in [0.15, 0.2) is 30.5 Å². The summed E-state index contributed by atoms with van der Waals surface area (Å²) in [7, 11) is 3.21. The van der Waals surface area contributed by atoms with E-state index in [0.717, 1.165) is 12.0 Å². The van der Waals surface area contributed by atoms with Crippen LogP contribution in [0.2, 0.25) is 5.02 Å². The molecular formula is C25H30ClN7O4. The summed E-state index contributed by atoms with van der Waals surface area (Å²) >= 11 is 6.41. The normalized spacial score (nSPS) is 24.4. The van der Waals surface area contributed by atoms with Crippen molar-refractivity contribution in [3.05, 3.63) is 41.1 Å². The lowest BCUT2D eigenvalue weighted by Crippen LogP contribution is -2.41. The van der Waals surface area contributed by atoms with Gasteiger partial charge < -0.3 is 31.2 Å². The summed E-state index contributed by atoms with van der Waals surface area (Å²) in [6, 6.07) is 3.50. The van der Waals surface area contributed by atoms with E-state index >= 15 is 0 Å². The van der Waals surface area contributed by atoms with Crippen LogP contribution in [-0.4, -0.2) is 66.6 Å². The van der Waals surface area contributed by atoms with Crippen LogP contribution < -0.4 is 26.4 Å². The van der Waals surface area contributed by atoms with E-state index in [2.05, 4.69) is 38.1 Å². The first-order chi connectivity index (χ1) is 17.9. The summed E-state index contributed by atoms with van der Waals surface area (Å²) in [4.78, 5) is 35.5. The van der Waals surface area contributed by atoms with Crippen molar-refractivity contribution in [3.8, 4) is 5.75 Å². The van der Waals surface area contributed by atoms with Crippen molar-refractivity contribution in [2.45, 2.75) is 19.0 Å². The maximum Gasteiger partial charge on any atom is 0.238 e. The highest BCUT2D eigenvalue weighted by Gasteiger charge is 2.47. The Bertz CT molecular complexity index is 1240. The van der Waals surface area contributed by atoms with Gasteiger partial charge in [0.1, 0.15) is 10.8 Å². The molecule has 2 aromatic rings. The molecule has 5 N–H and O–H groups in total. The van der Waals surface area contributed by atoms with Crippen LogP contribution in [0.4, 0.5) is 23.1 Å². The lowest BCUT2D eigenvalue weighted by Gasteiger charge is -2.27. The molecule has 1 aromatic carbocycles. The van der Waals surface area contributed by atoms with Crippen LogP contribution in [0.5, 0.6) is 5.75 Å². The Morgan fingerprint density at radius 1 is 1.27 bits per heavy atom. The number of allylic oxidation sites excluding steroid dienone is 1. The number of ether oxygens (including phenoxy) is 2. The Kier molecular flexibility index (Phi) is 7.18. The highest BCUT2D eigenvalue weighted by atomic mass is 35.5. The number of fused-ring (bicyclic) bond motifs is 3. The largest absolute Gasteiger partial charge is 0.495 e. The Labute approximate surface area is 219 Å². The number of amides is 2. The number of rotatable bonds is 9. The van der Waals surface area contributed by atoms with E-state index < -0.39 is 0 Å². The Morgan fingerprint density at radius 2 is 2.08 bits per heavy atom. The van der Waals surface area contributed by atoms with Crippen LogP contribution >= 0.6 is 11.6 Å². The molecule has 2 aliphatic carbocycles. The zero-order chi connectivity index (χ0) is 26.1. The number of nitrogens with two attached hydrogens (primary N) is 1. The van der Waals surface area contributed by atoms with Gasteiger partial charge in [0.2, 0.25) is 17.8 Å². The molecule has 0 spiro atoms. The minimum absolute atomic E-state index is 0.107. The fourth-order valence-corrected chi connectivity index (χ4v) is 5.56. The van der Waals surface area contributed by atoms with Gasteiger partial charge in [0.15, 0.2) is 5.82 Å². The molecule has 196 valence electrons. The van der Waals surface area contributed by atoms with Gasteiger partial charge in [-0.1, -0.05) is 23.8 Å². The summed E-state index contributed by atoms with van der Waals surface area (Å²) in [5.74, 6) is 0.799. The molecular weight excluding hydrogens is 498 g/mol. The van der Waals surface area contributed by atoms with Crippen LogP contribution in [0.3, 0.4) is 0 Å². The molecule has 3 aliphatic rings. The SMILES string of the molecule is COCCN1CC(=O)Nc2cc(Nc3ncc(Cl)c(N[C@H]4[C@@H](C(N)=O)[C@@H]5C=C[C@H]4C5)n3)c(OC)cc2C1. The number of hydrogen-bond acceptors (Lipinski definition) is 9. The third-order valence-electron chi connectivity index (χ3n) is 7.15. The number of carbonyl (C=O) groups is 2. The van der Waals surface area contributed by atoms with Crippen molar-refractivity contribution in [3.63, 3.8) is 0 Å². The molecule has 2 bridgehead atoms. The molecule has 1 fully saturated rings. The molecule has 1 saturated carbocycles. The van der Waals surface area contributed by atoms with Gasteiger partial charge in [-0.05, 0) is 36.0 Å². The second kappa shape index (κ2) is 10.5. The topological polar surface area (TPSA) is 144 Å². The monoisotopic (exact) mass is 527 g/mol. The van der Waals surface area contributed by atoms with Gasteiger partial charge in [-0.25, -0.2) is 4.98 Å². The van der Waals surface area contributed by atoms with Crippen molar-refractivity contribution in [2.24, 2.45) is 23.5 Å². The summed E-state index contributed by atoms with van der Waals surface area (Å²) in [6.45, 7) is 2.00. The van der Waals surface area contributed by atoms with Crippen LogP contribution in [0, 0.1) is 17.8 Å². The fraction of sp³-hybridized carbons (Fsp3) is 0.440. The molecule has 11 nitrogen and oxygen atoms in total. The molecule has 12 heteroatoms. The molecule has 0 radical (unpaired) electrons. The number of benzene rings is 1. The van der Waals surface area contributed by atoms with Crippen LogP contribution in [0.25, 0.3) is 0 Å². The smallest absolute Gasteiger partial charge is 0.238 e. The lowest BCUT2D eigenvalue weighted by atomic mass is 9.88. The number of nitrogens with one attached hydrogen (secondary N) is 3. The van der Waals surface area contributed by atoms with Crippen molar-refractivity contribution >= 4 is 46.6 Å². The standard InChI is InChI=1S/C25H30ClN7O4/c1-36-6-5-33-11-15-8-19(37-2)18(9-17(15)29-20(34)12-33)30-25-28-10-16(26)24(32-25)31-22-14-4-3-13(7-14)21(22)23(27)35/h3-4,8-10,13-14,21-22H,5-7,11-12H2,1-2H3,(H2,27,35)(H,29,34)(H2,28,30,31,32)/t13-,14+,21+,22-/m1/s1. The Morgan fingerprint density at radius 3 is 2.84 bits per heavy atom. The maximum atomic E-state index is 12.5. The second-order valence-corrected chi connectivity index (χ2v) is 9.93. The first-order valence-corrected chi connectivity index (χ1v) is 12.5. The number of carbonyl (C=O) groups excluding carboxylic acids is 2. The van der Waals surface area contributed by atoms with Gasteiger partial charge in [0.05, 0.1) is 38.1 Å². The Balaban J connectivity index is 1.39. The number of halogens is 1. The molecule has 1 aromatic heterocycles. The summed E-state index contributed by atoms with van der Waals surface area (Å²) < 4.78 is 10.8. The first-order valence-electron chi connectivity index (χ1n) is 12.1. The van der Waals surface area contributed by atoms with Crippen molar-refractivity contribution in [2.75, 3.05) is 49.9 Å². The minimum Gasteiger partial charge on any atom is -0.495 e. The number of primary amides is 1. The third-order valence-corrected chi connectivity index (χ3v) is 7.43. The van der Waals surface area contributed by atoms with Gasteiger partial charge in [-0.15, -0.1) is 0 Å². The third kappa shape index (κ3) is 5.20. The van der Waals surface area contributed by atoms with E-state index in [1.165, 1.54) is 6.20 Å². The molecule has 0 saturated heterocycles. The average Bonchev–Trinajstić information content (AvgIpc) is 3.43. The number of nitrogens with zero attached hydrogens (tertiary/aromatic N) is 3. The number of anilines is 4. The quantitative estimate of drug-likeness (QED) is 0.361. The van der Waals surface area contributed by atoms with Crippen molar-refractivity contribution in [1.29, 1.82) is 0 Å². The average molecular weight is 528 g/mol. The van der Waals surface area contributed by atoms with E-state index in [9.17, 15) is 9.59 Å². The molecule has 4 atom stereocenters. The van der Waals surface area contributed by atoms with Crippen molar-refractivity contribution < 1.29 is 19.1 Å². The predicted molar refractivity (Wildman–Crippen MR) is 140 cm³/mol. The second-order valence-electron chi connectivity index (χ2n) is 9.52. The zero-order valence-electron chi connectivity index (χ0n) is 20.7. The van der Waals surface area contributed by atoms with Crippen molar-refractivity contribution in [1.82, 2.24) is 14.9 Å². The van der Waals surface area contributed by atoms with E-state index in [1.807, 2.05) is 11.0 Å². The van der Waals surface area contributed by atoms with Crippen LogP contribution in [-0.2, 0) is 20.9 Å². The Hall–Kier alpha value is -3.41. The molecule has 2 heterocycles. The summed E-state index contributed by atoms with van der Waals surface area (Å²) in [5, 5.41) is 9.81. The van der Waals surface area contributed by atoms with Gasteiger partial charge in [0, 0.05) is 31.9 Å². The zero-order valence-corrected chi connectivity index (χ0v) is 21.4. The minimum atomic E-state index is -0.338. The number of methoxy groups -OCH3 is 2. The van der Waals surface area contributed by atoms with Crippen LogP contribution in [0.1, 0.15) is 12.0 Å². The predicted octanol–water partition coefficient (Wildman–Crippen LogP) is 2.37. The summed E-state index contributed by atoms with van der Waals surface area (Å²) in [6.07, 6.45) is 6.54. The molecule has 5 rings (SSSR count). The molecule has 1 aliphatic heterocycles. The van der Waals surface area contributed by atoms with E-state index in [-0.39, 0.29) is 48.1 Å². The highest BCUT2D eigenvalue weighted by molar-refractivity contribution is 6.32. The number of aromatic nitrogens is 2. The first kappa shape index (κ1) is 25.2. The lowest BCUT2D eigenvalue weighted by molar-refractivity contribution is -0.122. The summed E-state index contributed by atoms with van der Waals surface area (Å²) in [5.41, 5.74) is 7.88. The van der Waals surface area contributed by atoms with E-state index in [4.69, 9.17) is 26.8 Å². The van der Waals surface area contributed by atoms with E-state index in [0.29, 0.717) is 47.7 Å². The van der Waals surface area contributed by atoms with Gasteiger partial charge in [-0.2, -0.15) is 4.98 Å². The van der Waals surface area contributed by atoms with Gasteiger partial charge >= 0.3 is 0 Å². The molecule has 37 heavy (non-hydrogen) atoms. The van der Waals surface area contributed by atoms with Gasteiger partial charge in [-0.3, -0.25) is 14.5 Å². The fourth-order valence-electron chi connectivity index (χ4n) is 5.42. The molecule has 2 amide bonds. The highest BCUT2D eigenvalue weighted by Crippen LogP contribution is 2.45. The number of hydrogen-bond donors (Lipinski definition) is 4.